The van der Waals surface area contributed by atoms with E-state index in [1.165, 1.54) is 36.4 Å². The number of carbonyl (C=O) groups excluding carboxylic acids is 1. The van der Waals surface area contributed by atoms with Crippen molar-refractivity contribution in [3.05, 3.63) is 94.2 Å². The lowest BCUT2D eigenvalue weighted by Gasteiger charge is -2.22. The number of hydrogen-bond acceptors (Lipinski definition) is 3. The highest BCUT2D eigenvalue weighted by atomic mass is 19.1. The fourth-order valence-electron chi connectivity index (χ4n) is 2.78. The van der Waals surface area contributed by atoms with E-state index in [1.54, 1.807) is 4.90 Å². The second kappa shape index (κ2) is 8.40. The third-order valence-electron chi connectivity index (χ3n) is 4.09. The molecule has 0 spiro atoms. The molecule has 0 aliphatic heterocycles. The summed E-state index contributed by atoms with van der Waals surface area (Å²) in [5, 5.41) is 4.21. The second-order valence-corrected chi connectivity index (χ2v) is 6.16. The Kier molecular flexibility index (Phi) is 5.76. The third-order valence-corrected chi connectivity index (χ3v) is 4.09. The Morgan fingerprint density at radius 2 is 1.74 bits per heavy atom. The Morgan fingerprint density at radius 1 is 1.04 bits per heavy atom. The minimum Gasteiger partial charge on any atom is -0.333 e. The van der Waals surface area contributed by atoms with E-state index in [4.69, 9.17) is 0 Å². The van der Waals surface area contributed by atoms with E-state index in [2.05, 4.69) is 5.10 Å². The Morgan fingerprint density at radius 3 is 2.41 bits per heavy atom. The average Bonchev–Trinajstić information content (AvgIpc) is 2.69. The van der Waals surface area contributed by atoms with Crippen molar-refractivity contribution < 1.29 is 9.18 Å². The van der Waals surface area contributed by atoms with Crippen molar-refractivity contribution in [3.8, 4) is 5.69 Å². The zero-order valence-corrected chi connectivity index (χ0v) is 15.0. The van der Waals surface area contributed by atoms with Gasteiger partial charge >= 0.3 is 0 Å². The Hall–Kier alpha value is -3.28. The highest BCUT2D eigenvalue weighted by molar-refractivity contribution is 5.92. The molecule has 0 saturated carbocycles. The van der Waals surface area contributed by atoms with Gasteiger partial charge in [0.15, 0.2) is 0 Å². The van der Waals surface area contributed by atoms with Gasteiger partial charge in [-0.1, -0.05) is 37.3 Å². The summed E-state index contributed by atoms with van der Waals surface area (Å²) in [6.45, 7) is 3.04. The lowest BCUT2D eigenvalue weighted by atomic mass is 10.2. The molecule has 138 valence electrons. The van der Waals surface area contributed by atoms with Gasteiger partial charge in [0.1, 0.15) is 11.5 Å². The Balaban J connectivity index is 1.91. The highest BCUT2D eigenvalue weighted by Crippen LogP contribution is 2.10. The topological polar surface area (TPSA) is 55.2 Å². The minimum atomic E-state index is -0.406. The molecule has 27 heavy (non-hydrogen) atoms. The molecule has 0 saturated heterocycles. The Labute approximate surface area is 156 Å². The van der Waals surface area contributed by atoms with E-state index in [1.807, 2.05) is 37.3 Å². The molecule has 0 aliphatic rings. The van der Waals surface area contributed by atoms with E-state index in [0.29, 0.717) is 18.8 Å². The summed E-state index contributed by atoms with van der Waals surface area (Å²) < 4.78 is 14.2. The SMILES string of the molecule is CCCN(Cc1ccccc1)C(=O)c1ccc(=O)n(-c2ccc(F)cc2)n1. The quantitative estimate of drug-likeness (QED) is 0.673. The number of halogens is 1. The molecule has 1 heterocycles. The van der Waals surface area contributed by atoms with E-state index in [-0.39, 0.29) is 17.2 Å². The predicted molar refractivity (Wildman–Crippen MR) is 101 cm³/mol. The molecule has 5 nitrogen and oxygen atoms in total. The number of rotatable bonds is 6. The molecule has 2 aromatic carbocycles. The van der Waals surface area contributed by atoms with Crippen molar-refractivity contribution in [1.29, 1.82) is 0 Å². The fourth-order valence-corrected chi connectivity index (χ4v) is 2.78. The predicted octanol–water partition coefficient (Wildman–Crippen LogP) is 3.42. The van der Waals surface area contributed by atoms with Crippen LogP contribution in [-0.4, -0.2) is 27.1 Å². The minimum absolute atomic E-state index is 0.170. The smallest absolute Gasteiger partial charge is 0.274 e. The maximum absolute atomic E-state index is 13.1. The van der Waals surface area contributed by atoms with Crippen LogP contribution in [0.3, 0.4) is 0 Å². The molecule has 0 unspecified atom stereocenters. The van der Waals surface area contributed by atoms with Gasteiger partial charge in [-0.05, 0) is 42.3 Å². The van der Waals surface area contributed by atoms with E-state index >= 15 is 0 Å². The van der Waals surface area contributed by atoms with E-state index < -0.39 is 5.82 Å². The average molecular weight is 365 g/mol. The van der Waals surface area contributed by atoms with Gasteiger partial charge in [0, 0.05) is 19.2 Å². The number of benzene rings is 2. The first-order chi connectivity index (χ1) is 13.1. The van der Waals surface area contributed by atoms with Gasteiger partial charge in [0.05, 0.1) is 5.69 Å². The Bertz CT molecular complexity index is 969. The van der Waals surface area contributed by atoms with Crippen molar-refractivity contribution in [3.63, 3.8) is 0 Å². The molecule has 0 bridgehead atoms. The van der Waals surface area contributed by atoms with Gasteiger partial charge in [-0.2, -0.15) is 9.78 Å². The van der Waals surface area contributed by atoms with Gasteiger partial charge in [0.2, 0.25) is 0 Å². The molecule has 3 aromatic rings. The van der Waals surface area contributed by atoms with Crippen molar-refractivity contribution in [2.45, 2.75) is 19.9 Å². The number of nitrogens with zero attached hydrogens (tertiary/aromatic N) is 3. The zero-order chi connectivity index (χ0) is 19.2. The van der Waals surface area contributed by atoms with Crippen LogP contribution < -0.4 is 5.56 Å². The molecular formula is C21H20FN3O2. The van der Waals surface area contributed by atoms with Crippen LogP contribution >= 0.6 is 0 Å². The van der Waals surface area contributed by atoms with E-state index in [9.17, 15) is 14.0 Å². The largest absolute Gasteiger partial charge is 0.333 e. The number of aromatic nitrogens is 2. The highest BCUT2D eigenvalue weighted by Gasteiger charge is 2.18. The summed E-state index contributed by atoms with van der Waals surface area (Å²) in [4.78, 5) is 26.8. The monoisotopic (exact) mass is 365 g/mol. The van der Waals surface area contributed by atoms with Crippen LogP contribution in [0, 0.1) is 5.82 Å². The van der Waals surface area contributed by atoms with Gasteiger partial charge in [-0.15, -0.1) is 0 Å². The van der Waals surface area contributed by atoms with Crippen LogP contribution in [0.2, 0.25) is 0 Å². The lowest BCUT2D eigenvalue weighted by molar-refractivity contribution is 0.0735. The van der Waals surface area contributed by atoms with Crippen molar-refractivity contribution in [1.82, 2.24) is 14.7 Å². The van der Waals surface area contributed by atoms with Gasteiger partial charge < -0.3 is 4.90 Å². The molecular weight excluding hydrogens is 345 g/mol. The molecule has 0 radical (unpaired) electrons. The van der Waals surface area contributed by atoms with Crippen molar-refractivity contribution in [2.24, 2.45) is 0 Å². The summed E-state index contributed by atoms with van der Waals surface area (Å²) in [6.07, 6.45) is 0.802. The normalized spacial score (nSPS) is 10.6. The van der Waals surface area contributed by atoms with Crippen molar-refractivity contribution in [2.75, 3.05) is 6.54 Å². The standard InChI is InChI=1S/C21H20FN3O2/c1-2-14-24(15-16-6-4-3-5-7-16)21(27)19-12-13-20(26)25(23-19)18-10-8-17(22)9-11-18/h3-13H,2,14-15H2,1H3. The molecule has 3 rings (SSSR count). The molecule has 0 N–H and O–H groups in total. The van der Waals surface area contributed by atoms with Crippen LogP contribution in [0.25, 0.3) is 5.69 Å². The van der Waals surface area contributed by atoms with Crippen LogP contribution in [0.15, 0.2) is 71.5 Å². The van der Waals surface area contributed by atoms with Crippen LogP contribution in [0.5, 0.6) is 0 Å². The van der Waals surface area contributed by atoms with Crippen LogP contribution in [0.4, 0.5) is 4.39 Å². The molecule has 6 heteroatoms. The first-order valence-corrected chi connectivity index (χ1v) is 8.78. The number of amides is 1. The maximum Gasteiger partial charge on any atom is 0.274 e. The van der Waals surface area contributed by atoms with Gasteiger partial charge in [0.25, 0.3) is 11.5 Å². The lowest BCUT2D eigenvalue weighted by Crippen LogP contribution is -2.33. The summed E-state index contributed by atoms with van der Waals surface area (Å²) in [5.74, 6) is -0.660. The number of carbonyl (C=O) groups is 1. The molecule has 0 fully saturated rings. The van der Waals surface area contributed by atoms with Gasteiger partial charge in [-0.3, -0.25) is 9.59 Å². The first kappa shape index (κ1) is 18.5. The summed E-state index contributed by atoms with van der Waals surface area (Å²) >= 11 is 0. The summed E-state index contributed by atoms with van der Waals surface area (Å²) in [5.41, 5.74) is 1.21. The maximum atomic E-state index is 13.1. The van der Waals surface area contributed by atoms with Gasteiger partial charge in [-0.25, -0.2) is 4.39 Å². The number of hydrogen-bond donors (Lipinski definition) is 0. The molecule has 1 amide bonds. The second-order valence-electron chi connectivity index (χ2n) is 6.16. The molecule has 1 aromatic heterocycles. The fraction of sp³-hybridized carbons (Fsp3) is 0.190. The van der Waals surface area contributed by atoms with Crippen molar-refractivity contribution >= 4 is 5.91 Å². The van der Waals surface area contributed by atoms with Crippen LogP contribution in [0.1, 0.15) is 29.4 Å². The summed E-state index contributed by atoms with van der Waals surface area (Å²) in [6, 6.07) is 17.8. The first-order valence-electron chi connectivity index (χ1n) is 8.78. The molecule has 0 atom stereocenters. The van der Waals surface area contributed by atoms with Crippen LogP contribution in [-0.2, 0) is 6.54 Å². The third kappa shape index (κ3) is 4.47. The van der Waals surface area contributed by atoms with E-state index in [0.717, 1.165) is 16.7 Å². The molecule has 0 aliphatic carbocycles. The zero-order valence-electron chi connectivity index (χ0n) is 15.0. The summed E-state index contributed by atoms with van der Waals surface area (Å²) in [7, 11) is 0.